The number of nitrogens with zero attached hydrogens (tertiary/aromatic N) is 2. The van der Waals surface area contributed by atoms with Crippen LogP contribution in [0.5, 0.6) is 5.75 Å². The smallest absolute Gasteiger partial charge is 0.142 e. The molecule has 0 fully saturated rings. The Morgan fingerprint density at radius 1 is 1.33 bits per heavy atom. The molecule has 0 bridgehead atoms. The fourth-order valence-corrected chi connectivity index (χ4v) is 1.43. The van der Waals surface area contributed by atoms with Crippen molar-refractivity contribution < 1.29 is 4.74 Å². The normalized spacial score (nSPS) is 9.53. The summed E-state index contributed by atoms with van der Waals surface area (Å²) in [5.41, 5.74) is 3.36. The van der Waals surface area contributed by atoms with Gasteiger partial charge >= 0.3 is 0 Å². The zero-order chi connectivity index (χ0) is 11.4. The van der Waals surface area contributed by atoms with Crippen LogP contribution >= 0.6 is 0 Å². The Bertz CT molecular complexity index is 393. The zero-order valence-corrected chi connectivity index (χ0v) is 9.66. The van der Waals surface area contributed by atoms with Crippen LogP contribution in [0.15, 0.2) is 12.1 Å². The van der Waals surface area contributed by atoms with E-state index in [1.807, 2.05) is 31.0 Å². The first-order chi connectivity index (χ1) is 7.10. The van der Waals surface area contributed by atoms with Crippen molar-refractivity contribution >= 4 is 5.69 Å². The SMILES string of the molecule is COc1cc(C)c(C)cc1N(C)CC#N. The molecule has 0 saturated heterocycles. The maximum Gasteiger partial charge on any atom is 0.142 e. The van der Waals surface area contributed by atoms with Crippen molar-refractivity contribution in [2.75, 3.05) is 25.6 Å². The molecule has 0 N–H and O–H groups in total. The van der Waals surface area contributed by atoms with Gasteiger partial charge in [0.15, 0.2) is 0 Å². The molecule has 0 aliphatic rings. The average Bonchev–Trinajstić information content (AvgIpc) is 2.21. The number of ether oxygens (including phenoxy) is 1. The van der Waals surface area contributed by atoms with E-state index in [-0.39, 0.29) is 0 Å². The van der Waals surface area contributed by atoms with Gasteiger partial charge in [0.25, 0.3) is 0 Å². The molecule has 0 unspecified atom stereocenters. The number of anilines is 1. The van der Waals surface area contributed by atoms with Crippen molar-refractivity contribution in [3.8, 4) is 11.8 Å². The molecule has 1 aromatic carbocycles. The molecule has 15 heavy (non-hydrogen) atoms. The van der Waals surface area contributed by atoms with E-state index in [0.29, 0.717) is 6.54 Å². The first kappa shape index (κ1) is 11.4. The summed E-state index contributed by atoms with van der Waals surface area (Å²) in [6.07, 6.45) is 0. The van der Waals surface area contributed by atoms with Crippen molar-refractivity contribution in [3.63, 3.8) is 0 Å². The van der Waals surface area contributed by atoms with Crippen molar-refractivity contribution in [3.05, 3.63) is 23.3 Å². The quantitative estimate of drug-likeness (QED) is 0.709. The number of benzene rings is 1. The molecule has 0 aliphatic heterocycles. The van der Waals surface area contributed by atoms with Gasteiger partial charge in [-0.05, 0) is 37.1 Å². The van der Waals surface area contributed by atoms with E-state index in [4.69, 9.17) is 10.00 Å². The van der Waals surface area contributed by atoms with Crippen LogP contribution < -0.4 is 9.64 Å². The third kappa shape index (κ3) is 2.41. The Kier molecular flexibility index (Phi) is 3.56. The lowest BCUT2D eigenvalue weighted by atomic mass is 10.1. The second-order valence-corrected chi connectivity index (χ2v) is 3.62. The van der Waals surface area contributed by atoms with E-state index in [2.05, 4.69) is 13.0 Å². The fraction of sp³-hybridized carbons (Fsp3) is 0.417. The van der Waals surface area contributed by atoms with Gasteiger partial charge in [-0.3, -0.25) is 0 Å². The number of aryl methyl sites for hydroxylation is 2. The van der Waals surface area contributed by atoms with Gasteiger partial charge in [0.1, 0.15) is 12.3 Å². The van der Waals surface area contributed by atoms with E-state index in [1.165, 1.54) is 11.1 Å². The summed E-state index contributed by atoms with van der Waals surface area (Å²) >= 11 is 0. The minimum absolute atomic E-state index is 0.360. The van der Waals surface area contributed by atoms with Crippen LogP contribution in [-0.4, -0.2) is 20.7 Å². The molecular formula is C12H16N2O. The van der Waals surface area contributed by atoms with Crippen LogP contribution in [0.2, 0.25) is 0 Å². The van der Waals surface area contributed by atoms with Gasteiger partial charge in [-0.1, -0.05) is 0 Å². The summed E-state index contributed by atoms with van der Waals surface area (Å²) < 4.78 is 5.30. The van der Waals surface area contributed by atoms with Gasteiger partial charge < -0.3 is 9.64 Å². The summed E-state index contributed by atoms with van der Waals surface area (Å²) in [6, 6.07) is 6.17. The predicted molar refractivity (Wildman–Crippen MR) is 61.4 cm³/mol. The molecule has 1 aromatic rings. The number of rotatable bonds is 3. The molecule has 0 amide bonds. The third-order valence-electron chi connectivity index (χ3n) is 2.51. The van der Waals surface area contributed by atoms with Crippen LogP contribution in [0, 0.1) is 25.2 Å². The predicted octanol–water partition coefficient (Wildman–Crippen LogP) is 2.27. The van der Waals surface area contributed by atoms with Crippen LogP contribution in [-0.2, 0) is 0 Å². The molecule has 0 aliphatic carbocycles. The lowest BCUT2D eigenvalue weighted by Crippen LogP contribution is -2.18. The maximum atomic E-state index is 8.65. The Morgan fingerprint density at radius 3 is 2.47 bits per heavy atom. The summed E-state index contributed by atoms with van der Waals surface area (Å²) in [5.74, 6) is 0.816. The fourth-order valence-electron chi connectivity index (χ4n) is 1.43. The maximum absolute atomic E-state index is 8.65. The standard InChI is InChI=1S/C12H16N2O/c1-9-7-11(14(3)6-5-13)12(15-4)8-10(9)2/h7-8H,6H2,1-4H3. The number of hydrogen-bond acceptors (Lipinski definition) is 3. The van der Waals surface area contributed by atoms with Gasteiger partial charge in [0.05, 0.1) is 18.9 Å². The highest BCUT2D eigenvalue weighted by Gasteiger charge is 2.09. The van der Waals surface area contributed by atoms with E-state index in [9.17, 15) is 0 Å². The Labute approximate surface area is 90.9 Å². The first-order valence-electron chi connectivity index (χ1n) is 4.83. The molecule has 0 spiro atoms. The first-order valence-corrected chi connectivity index (χ1v) is 4.83. The molecule has 0 atom stereocenters. The summed E-state index contributed by atoms with van der Waals surface area (Å²) in [6.45, 7) is 4.46. The summed E-state index contributed by atoms with van der Waals surface area (Å²) in [5, 5.41) is 8.65. The van der Waals surface area contributed by atoms with Crippen molar-refractivity contribution in [1.29, 1.82) is 5.26 Å². The minimum atomic E-state index is 0.360. The highest BCUT2D eigenvalue weighted by Crippen LogP contribution is 2.30. The molecule has 80 valence electrons. The van der Waals surface area contributed by atoms with Crippen LogP contribution in [0.4, 0.5) is 5.69 Å². The largest absolute Gasteiger partial charge is 0.495 e. The zero-order valence-electron chi connectivity index (χ0n) is 9.66. The van der Waals surface area contributed by atoms with E-state index in [0.717, 1.165) is 11.4 Å². The monoisotopic (exact) mass is 204 g/mol. The van der Waals surface area contributed by atoms with E-state index < -0.39 is 0 Å². The molecule has 1 rings (SSSR count). The second-order valence-electron chi connectivity index (χ2n) is 3.62. The molecule has 0 radical (unpaired) electrons. The van der Waals surface area contributed by atoms with Crippen molar-refractivity contribution in [2.45, 2.75) is 13.8 Å². The van der Waals surface area contributed by atoms with Crippen LogP contribution in [0.3, 0.4) is 0 Å². The lowest BCUT2D eigenvalue weighted by molar-refractivity contribution is 0.414. The van der Waals surface area contributed by atoms with Gasteiger partial charge in [0.2, 0.25) is 0 Å². The second kappa shape index (κ2) is 4.70. The minimum Gasteiger partial charge on any atom is -0.495 e. The highest BCUT2D eigenvalue weighted by atomic mass is 16.5. The summed E-state index contributed by atoms with van der Waals surface area (Å²) in [4.78, 5) is 1.88. The molecule has 3 nitrogen and oxygen atoms in total. The summed E-state index contributed by atoms with van der Waals surface area (Å²) in [7, 11) is 3.53. The molecule has 3 heteroatoms. The van der Waals surface area contributed by atoms with E-state index in [1.54, 1.807) is 7.11 Å². The number of hydrogen-bond donors (Lipinski definition) is 0. The van der Waals surface area contributed by atoms with Crippen molar-refractivity contribution in [2.24, 2.45) is 0 Å². The van der Waals surface area contributed by atoms with Crippen molar-refractivity contribution in [1.82, 2.24) is 0 Å². The van der Waals surface area contributed by atoms with Crippen LogP contribution in [0.1, 0.15) is 11.1 Å². The molecule has 0 saturated carbocycles. The Balaban J connectivity index is 3.16. The van der Waals surface area contributed by atoms with Gasteiger partial charge in [0, 0.05) is 7.05 Å². The van der Waals surface area contributed by atoms with Gasteiger partial charge in [-0.2, -0.15) is 5.26 Å². The number of nitriles is 1. The average molecular weight is 204 g/mol. The molecule has 0 heterocycles. The highest BCUT2D eigenvalue weighted by molar-refractivity contribution is 5.61. The molecule has 0 aromatic heterocycles. The number of methoxy groups -OCH3 is 1. The van der Waals surface area contributed by atoms with Gasteiger partial charge in [-0.25, -0.2) is 0 Å². The van der Waals surface area contributed by atoms with Gasteiger partial charge in [-0.15, -0.1) is 0 Å². The Morgan fingerprint density at radius 2 is 1.93 bits per heavy atom. The topological polar surface area (TPSA) is 36.3 Å². The van der Waals surface area contributed by atoms with Crippen LogP contribution in [0.25, 0.3) is 0 Å². The molecular weight excluding hydrogens is 188 g/mol. The lowest BCUT2D eigenvalue weighted by Gasteiger charge is -2.20. The van der Waals surface area contributed by atoms with E-state index >= 15 is 0 Å². The Hall–Kier alpha value is -1.69. The third-order valence-corrected chi connectivity index (χ3v) is 2.51.